The lowest BCUT2D eigenvalue weighted by molar-refractivity contribution is 0.471. The summed E-state index contributed by atoms with van der Waals surface area (Å²) < 4.78 is 14.5. The molecule has 0 aliphatic heterocycles. The Morgan fingerprint density at radius 1 is 1.25 bits per heavy atom. The Hall–Kier alpha value is -2.47. The van der Waals surface area contributed by atoms with Gasteiger partial charge in [0.25, 0.3) is 0 Å². The molecular formula is C13H7ClFN3O2. The average Bonchev–Trinajstić information content (AvgIpc) is 2.43. The lowest BCUT2D eigenvalue weighted by Gasteiger charge is -2.07. The largest absolute Gasteiger partial charge is 0.507 e. The summed E-state index contributed by atoms with van der Waals surface area (Å²) in [5.41, 5.74) is -0.406. The molecule has 0 bridgehead atoms. The van der Waals surface area contributed by atoms with Gasteiger partial charge in [-0.25, -0.2) is 14.2 Å². The Labute approximate surface area is 117 Å². The van der Waals surface area contributed by atoms with Crippen LogP contribution in [0.2, 0.25) is 0 Å². The molecule has 0 amide bonds. The van der Waals surface area contributed by atoms with Crippen molar-refractivity contribution in [1.82, 2.24) is 14.1 Å². The van der Waals surface area contributed by atoms with Crippen molar-refractivity contribution in [3.8, 4) is 17.0 Å². The number of nitrogens with zero attached hydrogens (tertiary/aromatic N) is 3. The van der Waals surface area contributed by atoms with E-state index in [9.17, 15) is 14.3 Å². The van der Waals surface area contributed by atoms with Gasteiger partial charge in [-0.15, -0.1) is 0 Å². The lowest BCUT2D eigenvalue weighted by Crippen LogP contribution is -2.16. The third-order valence-corrected chi connectivity index (χ3v) is 3.13. The molecule has 0 saturated heterocycles. The predicted molar refractivity (Wildman–Crippen MR) is 72.1 cm³/mol. The number of aromatic hydroxyl groups is 1. The van der Waals surface area contributed by atoms with Gasteiger partial charge in [0, 0.05) is 23.4 Å². The van der Waals surface area contributed by atoms with E-state index in [1.807, 2.05) is 0 Å². The molecule has 1 aromatic carbocycles. The molecule has 100 valence electrons. The molecule has 0 atom stereocenters. The first-order valence-corrected chi connectivity index (χ1v) is 5.94. The fraction of sp³-hybridized carbons (Fsp3) is 0. The van der Waals surface area contributed by atoms with Crippen molar-refractivity contribution >= 4 is 22.8 Å². The summed E-state index contributed by atoms with van der Waals surface area (Å²) in [5.74, 6) is -0.858. The van der Waals surface area contributed by atoms with E-state index in [4.69, 9.17) is 11.8 Å². The van der Waals surface area contributed by atoms with Crippen LogP contribution < -0.4 is 5.69 Å². The van der Waals surface area contributed by atoms with Gasteiger partial charge in [-0.3, -0.25) is 0 Å². The third-order valence-electron chi connectivity index (χ3n) is 2.82. The van der Waals surface area contributed by atoms with Crippen molar-refractivity contribution in [2.24, 2.45) is 0 Å². The number of hydrogen-bond donors (Lipinski definition) is 1. The molecule has 0 saturated carbocycles. The number of aromatic nitrogens is 3. The minimum absolute atomic E-state index is 0.0460. The van der Waals surface area contributed by atoms with Gasteiger partial charge in [-0.2, -0.15) is 9.07 Å². The van der Waals surface area contributed by atoms with E-state index in [-0.39, 0.29) is 22.7 Å². The smallest absolute Gasteiger partial charge is 0.364 e. The van der Waals surface area contributed by atoms with E-state index in [0.29, 0.717) is 5.39 Å². The minimum atomic E-state index is -0.679. The van der Waals surface area contributed by atoms with Gasteiger partial charge in [0.15, 0.2) is 5.65 Å². The van der Waals surface area contributed by atoms with Crippen LogP contribution in [0.25, 0.3) is 22.3 Å². The van der Waals surface area contributed by atoms with Crippen LogP contribution in [-0.4, -0.2) is 19.2 Å². The minimum Gasteiger partial charge on any atom is -0.507 e. The fourth-order valence-electron chi connectivity index (χ4n) is 1.89. The zero-order valence-electron chi connectivity index (χ0n) is 9.92. The highest BCUT2D eigenvalue weighted by Crippen LogP contribution is 2.31. The summed E-state index contributed by atoms with van der Waals surface area (Å²) in [4.78, 5) is 19.0. The van der Waals surface area contributed by atoms with Gasteiger partial charge in [-0.1, -0.05) is 6.07 Å². The molecule has 0 fully saturated rings. The maximum atomic E-state index is 13.8. The highest BCUT2D eigenvalue weighted by molar-refractivity contribution is 6.18. The summed E-state index contributed by atoms with van der Waals surface area (Å²) in [6, 6.07) is 7.06. The number of rotatable bonds is 1. The van der Waals surface area contributed by atoms with Gasteiger partial charge in [0.2, 0.25) is 0 Å². The first-order valence-electron chi connectivity index (χ1n) is 5.61. The summed E-state index contributed by atoms with van der Waals surface area (Å²) in [7, 11) is 0. The fourth-order valence-corrected chi connectivity index (χ4v) is 2.07. The van der Waals surface area contributed by atoms with E-state index < -0.39 is 11.5 Å². The molecule has 0 aliphatic carbocycles. The number of hydrogen-bond acceptors (Lipinski definition) is 4. The van der Waals surface area contributed by atoms with Crippen LogP contribution in [0.15, 0.2) is 41.3 Å². The van der Waals surface area contributed by atoms with Crippen molar-refractivity contribution in [1.29, 1.82) is 0 Å². The SMILES string of the molecule is O=c1ncc2ccc(-c3c(O)cccc3F)nc2n1Cl. The molecule has 2 heterocycles. The molecule has 0 spiro atoms. The van der Waals surface area contributed by atoms with Crippen molar-refractivity contribution < 1.29 is 9.50 Å². The molecule has 1 N–H and O–H groups in total. The first kappa shape index (κ1) is 12.6. The lowest BCUT2D eigenvalue weighted by atomic mass is 10.1. The Morgan fingerprint density at radius 3 is 2.80 bits per heavy atom. The van der Waals surface area contributed by atoms with Crippen LogP contribution in [0.1, 0.15) is 0 Å². The van der Waals surface area contributed by atoms with E-state index in [2.05, 4.69) is 9.97 Å². The maximum Gasteiger partial charge on any atom is 0.364 e. The number of phenolic OH excluding ortho intramolecular Hbond substituents is 1. The number of fused-ring (bicyclic) bond motifs is 1. The van der Waals surface area contributed by atoms with Crippen LogP contribution in [0.4, 0.5) is 4.39 Å². The van der Waals surface area contributed by atoms with Gasteiger partial charge in [-0.05, 0) is 24.3 Å². The predicted octanol–water partition coefficient (Wildman–Crippen LogP) is 2.31. The van der Waals surface area contributed by atoms with E-state index in [1.54, 1.807) is 6.07 Å². The average molecular weight is 292 g/mol. The summed E-state index contributed by atoms with van der Waals surface area (Å²) in [5, 5.41) is 10.3. The topological polar surface area (TPSA) is 68.0 Å². The Kier molecular flexibility index (Phi) is 2.87. The Bertz CT molecular complexity index is 859. The van der Waals surface area contributed by atoms with E-state index >= 15 is 0 Å². The first-order chi connectivity index (χ1) is 9.58. The van der Waals surface area contributed by atoms with Gasteiger partial charge >= 0.3 is 5.69 Å². The number of pyridine rings is 1. The molecule has 0 radical (unpaired) electrons. The summed E-state index contributed by atoms with van der Waals surface area (Å²) >= 11 is 5.79. The Balaban J connectivity index is 2.33. The molecule has 0 unspecified atom stereocenters. The van der Waals surface area contributed by atoms with Crippen LogP contribution in [0.5, 0.6) is 5.75 Å². The second-order valence-electron chi connectivity index (χ2n) is 4.06. The molecule has 2 aromatic heterocycles. The van der Waals surface area contributed by atoms with Gasteiger partial charge in [0.1, 0.15) is 11.6 Å². The number of phenols is 1. The zero-order chi connectivity index (χ0) is 14.3. The van der Waals surface area contributed by atoms with Gasteiger partial charge < -0.3 is 5.11 Å². The van der Waals surface area contributed by atoms with Crippen LogP contribution in [0, 0.1) is 5.82 Å². The molecule has 7 heteroatoms. The quantitative estimate of drug-likeness (QED) is 0.747. The van der Waals surface area contributed by atoms with Crippen LogP contribution in [-0.2, 0) is 0 Å². The highest BCUT2D eigenvalue weighted by Gasteiger charge is 2.13. The molecule has 0 aliphatic rings. The second-order valence-corrected chi connectivity index (χ2v) is 4.40. The van der Waals surface area contributed by atoms with Crippen LogP contribution >= 0.6 is 11.8 Å². The van der Waals surface area contributed by atoms with Crippen LogP contribution in [0.3, 0.4) is 0 Å². The summed E-state index contributed by atoms with van der Waals surface area (Å²) in [6.45, 7) is 0. The van der Waals surface area contributed by atoms with E-state index in [0.717, 1.165) is 4.09 Å². The molecule has 20 heavy (non-hydrogen) atoms. The Morgan fingerprint density at radius 2 is 2.05 bits per heavy atom. The molecule has 3 aromatic rings. The van der Waals surface area contributed by atoms with E-state index in [1.165, 1.54) is 30.5 Å². The zero-order valence-corrected chi connectivity index (χ0v) is 10.7. The maximum absolute atomic E-state index is 13.8. The summed E-state index contributed by atoms with van der Waals surface area (Å²) in [6.07, 6.45) is 1.33. The molecular weight excluding hydrogens is 285 g/mol. The highest BCUT2D eigenvalue weighted by atomic mass is 35.5. The van der Waals surface area contributed by atoms with Crippen molar-refractivity contribution in [3.05, 3.63) is 52.8 Å². The normalized spacial score (nSPS) is 10.9. The monoisotopic (exact) mass is 291 g/mol. The van der Waals surface area contributed by atoms with Gasteiger partial charge in [0.05, 0.1) is 11.3 Å². The number of benzene rings is 1. The molecule has 5 nitrogen and oxygen atoms in total. The standard InChI is InChI=1S/C13H7ClFN3O2/c14-18-12-7(6-16-13(18)20)4-5-9(17-12)11-8(15)2-1-3-10(11)19/h1-6,19H. The number of halogens is 2. The van der Waals surface area contributed by atoms with Crippen molar-refractivity contribution in [2.75, 3.05) is 0 Å². The van der Waals surface area contributed by atoms with Crippen molar-refractivity contribution in [3.63, 3.8) is 0 Å². The third kappa shape index (κ3) is 1.90. The molecule has 3 rings (SSSR count). The van der Waals surface area contributed by atoms with Crippen molar-refractivity contribution in [2.45, 2.75) is 0 Å². The second kappa shape index (κ2) is 4.57.